The molecule has 162 valence electrons. The van der Waals surface area contributed by atoms with E-state index in [4.69, 9.17) is 14.1 Å². The van der Waals surface area contributed by atoms with Crippen molar-refractivity contribution < 1.29 is 13.5 Å². The average Bonchev–Trinajstić information content (AvgIpc) is 3.46. The summed E-state index contributed by atoms with van der Waals surface area (Å²) >= 11 is 0. The highest BCUT2D eigenvalue weighted by molar-refractivity contribution is 5.80. The van der Waals surface area contributed by atoms with Crippen molar-refractivity contribution in [2.45, 2.75) is 31.7 Å². The van der Waals surface area contributed by atoms with Gasteiger partial charge in [-0.3, -0.25) is 4.99 Å². The highest BCUT2D eigenvalue weighted by Crippen LogP contribution is 2.21. The van der Waals surface area contributed by atoms with Gasteiger partial charge in [-0.05, 0) is 49.6 Å². The molecule has 2 N–H and O–H groups in total. The zero-order chi connectivity index (χ0) is 20.6. The Hall–Kier alpha value is -2.54. The third-order valence-corrected chi connectivity index (χ3v) is 5.71. The first-order valence-corrected chi connectivity index (χ1v) is 10.9. The van der Waals surface area contributed by atoms with Gasteiger partial charge < -0.3 is 24.7 Å². The van der Waals surface area contributed by atoms with Crippen molar-refractivity contribution in [1.82, 2.24) is 10.6 Å². The lowest BCUT2D eigenvalue weighted by atomic mass is 10.0. The van der Waals surface area contributed by atoms with Gasteiger partial charge >= 0.3 is 0 Å². The molecule has 7 heteroatoms. The molecule has 2 saturated heterocycles. The second-order valence-corrected chi connectivity index (χ2v) is 8.08. The van der Waals surface area contributed by atoms with Crippen LogP contribution in [-0.2, 0) is 11.2 Å². The fourth-order valence-electron chi connectivity index (χ4n) is 4.05. The molecule has 30 heavy (non-hydrogen) atoms. The van der Waals surface area contributed by atoms with E-state index in [0.29, 0.717) is 5.92 Å². The maximum atomic E-state index is 13.6. The Labute approximate surface area is 177 Å². The van der Waals surface area contributed by atoms with Gasteiger partial charge in [-0.15, -0.1) is 0 Å². The molecule has 0 aliphatic carbocycles. The molecule has 2 unspecified atom stereocenters. The van der Waals surface area contributed by atoms with Gasteiger partial charge in [0, 0.05) is 56.9 Å². The number of piperidine rings is 1. The monoisotopic (exact) mass is 414 g/mol. The zero-order valence-corrected chi connectivity index (χ0v) is 17.4. The molecule has 6 nitrogen and oxygen atoms in total. The first kappa shape index (κ1) is 20.7. The Balaban J connectivity index is 1.35. The molecule has 0 spiro atoms. The van der Waals surface area contributed by atoms with E-state index in [-0.39, 0.29) is 11.9 Å². The number of nitrogens with zero attached hydrogens (tertiary/aromatic N) is 2. The minimum absolute atomic E-state index is 0.191. The third-order valence-electron chi connectivity index (χ3n) is 5.71. The topological polar surface area (TPSA) is 62.0 Å². The summed E-state index contributed by atoms with van der Waals surface area (Å²) in [7, 11) is 0. The molecule has 1 aromatic heterocycles. The standard InChI is InChI=1S/C23H31FN4O2/c24-19-4-1-6-21(14-19)28-11-2-5-20(16-28)27-23(26-15-18-9-13-29-17-18)25-10-8-22-7-3-12-30-22/h1,3-4,6-7,12,14,18,20H,2,5,8-11,13,15-17H2,(H2,25,26,27). The van der Waals surface area contributed by atoms with Crippen molar-refractivity contribution in [1.29, 1.82) is 0 Å². The highest BCUT2D eigenvalue weighted by Gasteiger charge is 2.22. The van der Waals surface area contributed by atoms with Gasteiger partial charge in [0.25, 0.3) is 0 Å². The molecule has 2 aliphatic rings. The van der Waals surface area contributed by atoms with E-state index in [1.165, 1.54) is 6.07 Å². The Morgan fingerprint density at radius 2 is 2.20 bits per heavy atom. The van der Waals surface area contributed by atoms with Crippen molar-refractivity contribution in [2.24, 2.45) is 10.9 Å². The Morgan fingerprint density at radius 1 is 1.23 bits per heavy atom. The largest absolute Gasteiger partial charge is 0.469 e. The van der Waals surface area contributed by atoms with Crippen molar-refractivity contribution in [3.63, 3.8) is 0 Å². The van der Waals surface area contributed by atoms with Crippen molar-refractivity contribution in [2.75, 3.05) is 44.3 Å². The van der Waals surface area contributed by atoms with Gasteiger partial charge in [0.1, 0.15) is 11.6 Å². The van der Waals surface area contributed by atoms with Gasteiger partial charge in [0.15, 0.2) is 5.96 Å². The maximum Gasteiger partial charge on any atom is 0.191 e. The van der Waals surface area contributed by atoms with E-state index < -0.39 is 0 Å². The second kappa shape index (κ2) is 10.5. The Morgan fingerprint density at radius 3 is 3.00 bits per heavy atom. The number of hydrogen-bond donors (Lipinski definition) is 2. The summed E-state index contributed by atoms with van der Waals surface area (Å²) in [4.78, 5) is 7.08. The fourth-order valence-corrected chi connectivity index (χ4v) is 4.05. The maximum absolute atomic E-state index is 13.6. The van der Waals surface area contributed by atoms with Gasteiger partial charge in [0.2, 0.25) is 0 Å². The molecule has 3 heterocycles. The molecule has 2 fully saturated rings. The van der Waals surface area contributed by atoms with Crippen LogP contribution in [0.1, 0.15) is 25.0 Å². The van der Waals surface area contributed by atoms with Crippen LogP contribution in [-0.4, -0.2) is 51.4 Å². The summed E-state index contributed by atoms with van der Waals surface area (Å²) in [6, 6.07) is 11.0. The summed E-state index contributed by atoms with van der Waals surface area (Å²) < 4.78 is 24.6. The summed E-state index contributed by atoms with van der Waals surface area (Å²) in [5.41, 5.74) is 0.939. The van der Waals surface area contributed by atoms with Crippen LogP contribution in [0.2, 0.25) is 0 Å². The van der Waals surface area contributed by atoms with Crippen LogP contribution in [0.4, 0.5) is 10.1 Å². The van der Waals surface area contributed by atoms with Crippen LogP contribution in [0.3, 0.4) is 0 Å². The van der Waals surface area contributed by atoms with E-state index in [2.05, 4.69) is 15.5 Å². The molecule has 1 aromatic carbocycles. The minimum Gasteiger partial charge on any atom is -0.469 e. The third kappa shape index (κ3) is 5.98. The van der Waals surface area contributed by atoms with Crippen LogP contribution < -0.4 is 15.5 Å². The first-order chi connectivity index (χ1) is 14.8. The lowest BCUT2D eigenvalue weighted by Gasteiger charge is -2.35. The predicted octanol–water partition coefficient (Wildman–Crippen LogP) is 3.20. The molecular formula is C23H31FN4O2. The highest BCUT2D eigenvalue weighted by atomic mass is 19.1. The number of halogens is 1. The van der Waals surface area contributed by atoms with Gasteiger partial charge in [-0.1, -0.05) is 6.07 Å². The number of guanidine groups is 1. The van der Waals surface area contributed by atoms with Gasteiger partial charge in [0.05, 0.1) is 12.9 Å². The van der Waals surface area contributed by atoms with E-state index in [1.807, 2.05) is 18.2 Å². The number of ether oxygens (including phenoxy) is 1. The lowest BCUT2D eigenvalue weighted by Crippen LogP contribution is -2.51. The SMILES string of the molecule is Fc1cccc(N2CCCC(NC(=NCC3CCOC3)NCCc3ccco3)C2)c1. The second-order valence-electron chi connectivity index (χ2n) is 8.08. The molecule has 2 aromatic rings. The number of nitrogens with one attached hydrogen (secondary N) is 2. The molecule has 0 amide bonds. The van der Waals surface area contributed by atoms with E-state index in [0.717, 1.165) is 82.5 Å². The summed E-state index contributed by atoms with van der Waals surface area (Å²) in [6.07, 6.45) is 5.70. The molecule has 2 atom stereocenters. The summed E-state index contributed by atoms with van der Waals surface area (Å²) in [5.74, 6) is 2.09. The minimum atomic E-state index is -0.191. The molecule has 0 radical (unpaired) electrons. The Kier molecular flexibility index (Phi) is 7.24. The van der Waals surface area contributed by atoms with Crippen LogP contribution >= 0.6 is 0 Å². The van der Waals surface area contributed by atoms with Crippen LogP contribution in [0, 0.1) is 11.7 Å². The number of aliphatic imine (C=N–C) groups is 1. The van der Waals surface area contributed by atoms with Crippen LogP contribution in [0.15, 0.2) is 52.1 Å². The van der Waals surface area contributed by atoms with E-state index in [1.54, 1.807) is 18.4 Å². The summed E-state index contributed by atoms with van der Waals surface area (Å²) in [6.45, 7) is 4.91. The average molecular weight is 415 g/mol. The van der Waals surface area contributed by atoms with Crippen molar-refractivity contribution in [3.8, 4) is 0 Å². The van der Waals surface area contributed by atoms with Crippen molar-refractivity contribution in [3.05, 3.63) is 54.2 Å². The van der Waals surface area contributed by atoms with Gasteiger partial charge in [-0.25, -0.2) is 4.39 Å². The predicted molar refractivity (Wildman–Crippen MR) is 116 cm³/mol. The van der Waals surface area contributed by atoms with Gasteiger partial charge in [-0.2, -0.15) is 0 Å². The zero-order valence-electron chi connectivity index (χ0n) is 17.4. The van der Waals surface area contributed by atoms with Crippen LogP contribution in [0.5, 0.6) is 0 Å². The molecule has 0 saturated carbocycles. The normalized spacial score (nSPS) is 22.3. The van der Waals surface area contributed by atoms with Crippen LogP contribution in [0.25, 0.3) is 0 Å². The fraction of sp³-hybridized carbons (Fsp3) is 0.522. The molecule has 2 aliphatic heterocycles. The number of rotatable bonds is 7. The molecule has 4 rings (SSSR count). The number of furan rings is 1. The lowest BCUT2D eigenvalue weighted by molar-refractivity contribution is 0.187. The Bertz CT molecular complexity index is 805. The summed E-state index contributed by atoms with van der Waals surface area (Å²) in [5, 5.41) is 7.06. The number of hydrogen-bond acceptors (Lipinski definition) is 4. The van der Waals surface area contributed by atoms with E-state index in [9.17, 15) is 4.39 Å². The quantitative estimate of drug-likeness (QED) is 0.538. The number of benzene rings is 1. The number of anilines is 1. The smallest absolute Gasteiger partial charge is 0.191 e. The van der Waals surface area contributed by atoms with E-state index >= 15 is 0 Å². The van der Waals surface area contributed by atoms with Crippen molar-refractivity contribution >= 4 is 11.6 Å². The molecule has 0 bridgehead atoms. The first-order valence-electron chi connectivity index (χ1n) is 10.9. The molecular weight excluding hydrogens is 383 g/mol.